The van der Waals surface area contributed by atoms with Gasteiger partial charge in [-0.15, -0.1) is 0 Å². The number of carbonyl (C=O) groups excluding carboxylic acids is 2. The van der Waals surface area contributed by atoms with Crippen LogP contribution in [0.5, 0.6) is 5.75 Å². The van der Waals surface area contributed by atoms with E-state index in [0.29, 0.717) is 0 Å². The van der Waals surface area contributed by atoms with Crippen LogP contribution in [-0.4, -0.2) is 44.6 Å². The molecule has 1 rings (SSSR count). The van der Waals surface area contributed by atoms with Crippen LogP contribution in [0.1, 0.15) is 5.56 Å². The van der Waals surface area contributed by atoms with Crippen molar-refractivity contribution in [2.24, 2.45) is 0 Å². The van der Waals surface area contributed by atoms with Gasteiger partial charge in [-0.05, 0) is 18.2 Å². The third-order valence-electron chi connectivity index (χ3n) is 2.68. The van der Waals surface area contributed by atoms with Gasteiger partial charge in [-0.1, -0.05) is 0 Å². The molecular formula is C13H16F3N3O3. The van der Waals surface area contributed by atoms with Crippen LogP contribution in [-0.2, 0) is 11.0 Å². The number of anilines is 1. The number of urea groups is 1. The standard InChI is InChI=1S/C13H16F3N3O3/c1-19(2)11(20)7-17-12(21)18-10-5-4-8(22-3)6-9(10)13(14,15)16/h4-6H,7H2,1-3H3,(H2,17,18,21). The minimum Gasteiger partial charge on any atom is -0.497 e. The van der Waals surface area contributed by atoms with Crippen molar-refractivity contribution in [2.45, 2.75) is 6.18 Å². The first kappa shape index (κ1) is 17.6. The highest BCUT2D eigenvalue weighted by molar-refractivity contribution is 5.93. The highest BCUT2D eigenvalue weighted by atomic mass is 19.4. The highest BCUT2D eigenvalue weighted by Gasteiger charge is 2.34. The Kier molecular flexibility index (Phi) is 5.61. The molecule has 22 heavy (non-hydrogen) atoms. The van der Waals surface area contributed by atoms with Crippen molar-refractivity contribution in [3.8, 4) is 5.75 Å². The van der Waals surface area contributed by atoms with E-state index in [1.54, 1.807) is 0 Å². The molecule has 0 radical (unpaired) electrons. The zero-order valence-corrected chi connectivity index (χ0v) is 12.2. The van der Waals surface area contributed by atoms with Crippen LogP contribution in [0.25, 0.3) is 0 Å². The Balaban J connectivity index is 2.84. The molecule has 2 N–H and O–H groups in total. The average molecular weight is 319 g/mol. The van der Waals surface area contributed by atoms with E-state index in [-0.39, 0.29) is 18.2 Å². The van der Waals surface area contributed by atoms with Gasteiger partial charge in [0.1, 0.15) is 5.75 Å². The smallest absolute Gasteiger partial charge is 0.418 e. The average Bonchev–Trinajstić information content (AvgIpc) is 2.43. The molecule has 0 aliphatic carbocycles. The number of nitrogens with zero attached hydrogens (tertiary/aromatic N) is 1. The summed E-state index contributed by atoms with van der Waals surface area (Å²) < 4.78 is 43.6. The molecular weight excluding hydrogens is 303 g/mol. The fraction of sp³-hybridized carbons (Fsp3) is 0.385. The summed E-state index contributed by atoms with van der Waals surface area (Å²) in [6, 6.07) is 2.23. The highest BCUT2D eigenvalue weighted by Crippen LogP contribution is 2.37. The number of ether oxygens (including phenoxy) is 1. The molecule has 0 saturated heterocycles. The molecule has 6 nitrogen and oxygen atoms in total. The predicted octanol–water partition coefficient (Wildman–Crippen LogP) is 1.92. The Labute approximate surface area is 125 Å². The van der Waals surface area contributed by atoms with Gasteiger partial charge >= 0.3 is 12.2 Å². The summed E-state index contributed by atoms with van der Waals surface area (Å²) in [7, 11) is 4.22. The molecule has 122 valence electrons. The lowest BCUT2D eigenvalue weighted by atomic mass is 10.1. The molecule has 0 aromatic heterocycles. The second kappa shape index (κ2) is 7.01. The molecule has 0 fully saturated rings. The first-order valence-electron chi connectivity index (χ1n) is 6.15. The summed E-state index contributed by atoms with van der Waals surface area (Å²) in [4.78, 5) is 24.1. The number of rotatable bonds is 4. The normalized spacial score (nSPS) is 10.8. The second-order valence-corrected chi connectivity index (χ2v) is 4.51. The number of likely N-dealkylation sites (N-methyl/N-ethyl adjacent to an activating group) is 1. The Morgan fingerprint density at radius 3 is 2.41 bits per heavy atom. The van der Waals surface area contributed by atoms with Crippen LogP contribution in [0, 0.1) is 0 Å². The number of methoxy groups -OCH3 is 1. The fourth-order valence-corrected chi connectivity index (χ4v) is 1.47. The number of carbonyl (C=O) groups is 2. The summed E-state index contributed by atoms with van der Waals surface area (Å²) in [6.45, 7) is -0.323. The van der Waals surface area contributed by atoms with E-state index in [2.05, 4.69) is 10.6 Å². The van der Waals surface area contributed by atoms with E-state index < -0.39 is 23.5 Å². The van der Waals surface area contributed by atoms with Crippen molar-refractivity contribution in [2.75, 3.05) is 33.1 Å². The number of hydrogen-bond acceptors (Lipinski definition) is 3. The van der Waals surface area contributed by atoms with Gasteiger partial charge in [-0.3, -0.25) is 4.79 Å². The predicted molar refractivity (Wildman–Crippen MR) is 73.7 cm³/mol. The van der Waals surface area contributed by atoms with Crippen molar-refractivity contribution >= 4 is 17.6 Å². The Morgan fingerprint density at radius 1 is 1.27 bits per heavy atom. The van der Waals surface area contributed by atoms with Crippen LogP contribution in [0.2, 0.25) is 0 Å². The lowest BCUT2D eigenvalue weighted by molar-refractivity contribution is -0.137. The summed E-state index contributed by atoms with van der Waals surface area (Å²) in [6.07, 6.45) is -4.66. The van der Waals surface area contributed by atoms with Crippen molar-refractivity contribution in [3.63, 3.8) is 0 Å². The third-order valence-corrected chi connectivity index (χ3v) is 2.68. The second-order valence-electron chi connectivity index (χ2n) is 4.51. The van der Waals surface area contributed by atoms with E-state index >= 15 is 0 Å². The topological polar surface area (TPSA) is 70.7 Å². The number of nitrogens with one attached hydrogen (secondary N) is 2. The van der Waals surface area contributed by atoms with Crippen LogP contribution in [0.4, 0.5) is 23.7 Å². The SMILES string of the molecule is COc1ccc(NC(=O)NCC(=O)N(C)C)c(C(F)(F)F)c1. The number of hydrogen-bond donors (Lipinski definition) is 2. The van der Waals surface area contributed by atoms with Gasteiger partial charge < -0.3 is 20.3 Å². The van der Waals surface area contributed by atoms with Gasteiger partial charge in [-0.25, -0.2) is 4.79 Å². The van der Waals surface area contributed by atoms with E-state index in [9.17, 15) is 22.8 Å². The lowest BCUT2D eigenvalue weighted by Gasteiger charge is -2.16. The zero-order valence-electron chi connectivity index (χ0n) is 12.2. The number of alkyl halides is 3. The minimum absolute atomic E-state index is 0.0149. The minimum atomic E-state index is -4.66. The van der Waals surface area contributed by atoms with Gasteiger partial charge in [0, 0.05) is 14.1 Å². The molecule has 0 aliphatic heterocycles. The van der Waals surface area contributed by atoms with Gasteiger partial charge in [0.25, 0.3) is 0 Å². The van der Waals surface area contributed by atoms with Crippen molar-refractivity contribution < 1.29 is 27.5 Å². The fourth-order valence-electron chi connectivity index (χ4n) is 1.47. The van der Waals surface area contributed by atoms with Crippen molar-refractivity contribution in [1.82, 2.24) is 10.2 Å². The maximum atomic E-state index is 12.9. The quantitative estimate of drug-likeness (QED) is 0.891. The van der Waals surface area contributed by atoms with Crippen molar-refractivity contribution in [1.29, 1.82) is 0 Å². The van der Waals surface area contributed by atoms with E-state index in [0.717, 1.165) is 12.1 Å². The lowest BCUT2D eigenvalue weighted by Crippen LogP contribution is -2.38. The monoisotopic (exact) mass is 319 g/mol. The molecule has 3 amide bonds. The first-order valence-corrected chi connectivity index (χ1v) is 6.15. The largest absolute Gasteiger partial charge is 0.497 e. The van der Waals surface area contributed by atoms with Gasteiger partial charge in [0.15, 0.2) is 0 Å². The molecule has 0 aliphatic rings. The third kappa shape index (κ3) is 4.83. The molecule has 0 unspecified atom stereocenters. The summed E-state index contributed by atoms with van der Waals surface area (Å²) in [5, 5.41) is 4.25. The summed E-state index contributed by atoms with van der Waals surface area (Å²) >= 11 is 0. The van der Waals surface area contributed by atoms with Gasteiger partial charge in [-0.2, -0.15) is 13.2 Å². The van der Waals surface area contributed by atoms with Gasteiger partial charge in [0.05, 0.1) is 24.9 Å². The van der Waals surface area contributed by atoms with E-state index in [1.165, 1.54) is 32.2 Å². The molecule has 0 heterocycles. The first-order chi connectivity index (χ1) is 10.1. The maximum Gasteiger partial charge on any atom is 0.418 e. The molecule has 1 aromatic carbocycles. The van der Waals surface area contributed by atoms with Crippen molar-refractivity contribution in [3.05, 3.63) is 23.8 Å². The molecule has 0 spiro atoms. The Hall–Kier alpha value is -2.45. The molecule has 9 heteroatoms. The van der Waals surface area contributed by atoms with Gasteiger partial charge in [0.2, 0.25) is 5.91 Å². The van der Waals surface area contributed by atoms with Crippen LogP contribution < -0.4 is 15.4 Å². The van der Waals surface area contributed by atoms with Crippen LogP contribution >= 0.6 is 0 Å². The number of benzene rings is 1. The molecule has 0 atom stereocenters. The molecule has 0 saturated carbocycles. The zero-order chi connectivity index (χ0) is 16.9. The van der Waals surface area contributed by atoms with Crippen LogP contribution in [0.15, 0.2) is 18.2 Å². The summed E-state index contributed by atoms with van der Waals surface area (Å²) in [5.41, 5.74) is -1.47. The molecule has 0 bridgehead atoms. The number of amides is 3. The Morgan fingerprint density at radius 2 is 1.91 bits per heavy atom. The summed E-state index contributed by atoms with van der Waals surface area (Å²) in [5.74, 6) is -0.373. The Bertz CT molecular complexity index is 559. The molecule has 1 aromatic rings. The van der Waals surface area contributed by atoms with E-state index in [1.807, 2.05) is 0 Å². The van der Waals surface area contributed by atoms with E-state index in [4.69, 9.17) is 4.74 Å². The maximum absolute atomic E-state index is 12.9. The number of halogens is 3. The van der Waals surface area contributed by atoms with Crippen LogP contribution in [0.3, 0.4) is 0 Å².